The maximum atomic E-state index is 11.1. The van der Waals surface area contributed by atoms with Gasteiger partial charge in [-0.1, -0.05) is 6.08 Å². The van der Waals surface area contributed by atoms with Gasteiger partial charge in [0.2, 0.25) is 0 Å². The first-order valence-electron chi connectivity index (χ1n) is 7.20. The van der Waals surface area contributed by atoms with Crippen molar-refractivity contribution in [2.24, 2.45) is 0 Å². The lowest BCUT2D eigenvalue weighted by Gasteiger charge is -2.40. The van der Waals surface area contributed by atoms with Gasteiger partial charge in [0.05, 0.1) is 18.3 Å². The zero-order valence-corrected chi connectivity index (χ0v) is 11.6. The molecule has 108 valence electrons. The molecule has 0 N–H and O–H groups in total. The minimum atomic E-state index is -0.375. The van der Waals surface area contributed by atoms with Crippen LogP contribution in [-0.4, -0.2) is 36.0 Å². The molecule has 5 heteroatoms. The summed E-state index contributed by atoms with van der Waals surface area (Å²) in [6, 6.07) is 2.17. The molecule has 2 aliphatic heterocycles. The molecule has 1 aliphatic carbocycles. The Morgan fingerprint density at radius 3 is 3.15 bits per heavy atom. The van der Waals surface area contributed by atoms with E-state index in [4.69, 9.17) is 19.5 Å². The van der Waals surface area contributed by atoms with Gasteiger partial charge < -0.3 is 14.2 Å². The van der Waals surface area contributed by atoms with Gasteiger partial charge >= 0.3 is 5.97 Å². The lowest BCUT2D eigenvalue weighted by molar-refractivity contribution is -0.152. The van der Waals surface area contributed by atoms with Crippen molar-refractivity contribution in [2.75, 3.05) is 0 Å². The maximum Gasteiger partial charge on any atom is 0.303 e. The van der Waals surface area contributed by atoms with Gasteiger partial charge in [0.15, 0.2) is 0 Å². The zero-order chi connectivity index (χ0) is 14.2. The third-order valence-corrected chi connectivity index (χ3v) is 4.36. The highest BCUT2D eigenvalue weighted by Crippen LogP contribution is 2.47. The predicted octanol–water partition coefficient (Wildman–Crippen LogP) is 1.87. The predicted molar refractivity (Wildman–Crippen MR) is 69.7 cm³/mol. The minimum absolute atomic E-state index is 0.0441. The van der Waals surface area contributed by atoms with Crippen LogP contribution in [0.1, 0.15) is 39.0 Å². The van der Waals surface area contributed by atoms with Crippen molar-refractivity contribution in [3.8, 4) is 6.07 Å². The molecular weight excluding hydrogens is 258 g/mol. The smallest absolute Gasteiger partial charge is 0.303 e. The molecule has 5 atom stereocenters. The van der Waals surface area contributed by atoms with Gasteiger partial charge in [-0.25, -0.2) is 0 Å². The summed E-state index contributed by atoms with van der Waals surface area (Å²) >= 11 is 0. The molecule has 2 heterocycles. The Labute approximate surface area is 118 Å². The van der Waals surface area contributed by atoms with Gasteiger partial charge in [-0.3, -0.25) is 4.79 Å². The van der Waals surface area contributed by atoms with Crippen LogP contribution in [0.15, 0.2) is 12.2 Å². The summed E-state index contributed by atoms with van der Waals surface area (Å²) in [7, 11) is 0. The van der Waals surface area contributed by atoms with Crippen LogP contribution < -0.4 is 0 Å². The highest BCUT2D eigenvalue weighted by atomic mass is 16.6. The van der Waals surface area contributed by atoms with E-state index in [9.17, 15) is 4.79 Å². The summed E-state index contributed by atoms with van der Waals surface area (Å²) in [6.45, 7) is 1.41. The van der Waals surface area contributed by atoms with Gasteiger partial charge in [0.25, 0.3) is 0 Å². The molecular formula is C15H19NO4. The van der Waals surface area contributed by atoms with E-state index in [2.05, 4.69) is 6.07 Å². The molecule has 0 aromatic carbocycles. The van der Waals surface area contributed by atoms with Crippen molar-refractivity contribution in [2.45, 2.75) is 69.0 Å². The van der Waals surface area contributed by atoms with Crippen molar-refractivity contribution < 1.29 is 19.0 Å². The number of fused-ring (bicyclic) bond motifs is 1. The Hall–Kier alpha value is -1.38. The second kappa shape index (κ2) is 5.19. The van der Waals surface area contributed by atoms with E-state index < -0.39 is 0 Å². The molecule has 5 nitrogen and oxygen atoms in total. The Balaban J connectivity index is 1.71. The van der Waals surface area contributed by atoms with E-state index in [0.29, 0.717) is 6.42 Å². The van der Waals surface area contributed by atoms with Crippen LogP contribution in [0.4, 0.5) is 0 Å². The molecule has 0 unspecified atom stereocenters. The van der Waals surface area contributed by atoms with E-state index >= 15 is 0 Å². The van der Waals surface area contributed by atoms with Crippen molar-refractivity contribution in [3.05, 3.63) is 12.2 Å². The number of carbonyl (C=O) groups excluding carboxylic acids is 1. The van der Waals surface area contributed by atoms with E-state index in [1.807, 2.05) is 12.2 Å². The first-order valence-corrected chi connectivity index (χ1v) is 7.20. The largest absolute Gasteiger partial charge is 0.456 e. The fourth-order valence-electron chi connectivity index (χ4n) is 3.49. The normalized spacial score (nSPS) is 41.8. The Morgan fingerprint density at radius 1 is 1.55 bits per heavy atom. The summed E-state index contributed by atoms with van der Waals surface area (Å²) in [6.07, 6.45) is 7.55. The van der Waals surface area contributed by atoms with E-state index in [-0.39, 0.29) is 36.0 Å². The molecule has 2 saturated heterocycles. The summed E-state index contributed by atoms with van der Waals surface area (Å²) in [5, 5.41) is 8.68. The van der Waals surface area contributed by atoms with Gasteiger partial charge in [0, 0.05) is 19.8 Å². The fraction of sp³-hybridized carbons (Fsp3) is 0.733. The van der Waals surface area contributed by atoms with E-state index in [1.54, 1.807) is 0 Å². The zero-order valence-electron chi connectivity index (χ0n) is 11.6. The third-order valence-electron chi connectivity index (χ3n) is 4.36. The topological polar surface area (TPSA) is 68.5 Å². The number of carbonyl (C=O) groups is 1. The molecule has 2 fully saturated rings. The first-order chi connectivity index (χ1) is 9.63. The number of ether oxygens (including phenoxy) is 3. The molecule has 20 heavy (non-hydrogen) atoms. The summed E-state index contributed by atoms with van der Waals surface area (Å²) < 4.78 is 17.5. The number of nitrogens with zero attached hydrogens (tertiary/aromatic N) is 1. The second-order valence-corrected chi connectivity index (χ2v) is 5.77. The van der Waals surface area contributed by atoms with E-state index in [0.717, 1.165) is 25.7 Å². The highest BCUT2D eigenvalue weighted by Gasteiger charge is 2.55. The Kier molecular flexibility index (Phi) is 3.53. The highest BCUT2D eigenvalue weighted by molar-refractivity contribution is 5.66. The Morgan fingerprint density at radius 2 is 2.40 bits per heavy atom. The molecule has 0 aromatic heterocycles. The van der Waals surface area contributed by atoms with Gasteiger partial charge in [0.1, 0.15) is 17.8 Å². The third kappa shape index (κ3) is 2.34. The van der Waals surface area contributed by atoms with Gasteiger partial charge in [-0.05, 0) is 25.3 Å². The molecule has 0 radical (unpaired) electrons. The van der Waals surface area contributed by atoms with Crippen LogP contribution in [-0.2, 0) is 19.0 Å². The van der Waals surface area contributed by atoms with Gasteiger partial charge in [-0.15, -0.1) is 0 Å². The van der Waals surface area contributed by atoms with Crippen LogP contribution in [0.5, 0.6) is 0 Å². The lowest BCUT2D eigenvalue weighted by Crippen LogP contribution is -2.47. The second-order valence-electron chi connectivity index (χ2n) is 5.77. The van der Waals surface area contributed by atoms with Crippen LogP contribution in [0.25, 0.3) is 0 Å². The Bertz CT molecular complexity index is 469. The number of rotatable bonds is 3. The van der Waals surface area contributed by atoms with Crippen LogP contribution in [0.3, 0.4) is 0 Å². The molecule has 0 saturated carbocycles. The molecule has 3 rings (SSSR count). The summed E-state index contributed by atoms with van der Waals surface area (Å²) in [4.78, 5) is 11.1. The molecule has 1 spiro atoms. The number of nitriles is 1. The summed E-state index contributed by atoms with van der Waals surface area (Å²) in [5.41, 5.74) is -0.375. The number of hydrogen-bond donors (Lipinski definition) is 0. The quantitative estimate of drug-likeness (QED) is 0.582. The average Bonchev–Trinajstić information content (AvgIpc) is 2.72. The fourth-order valence-corrected chi connectivity index (χ4v) is 3.49. The van der Waals surface area contributed by atoms with Crippen molar-refractivity contribution in [1.29, 1.82) is 5.26 Å². The maximum absolute atomic E-state index is 11.1. The van der Waals surface area contributed by atoms with Crippen molar-refractivity contribution >= 4 is 5.97 Å². The lowest BCUT2D eigenvalue weighted by atomic mass is 9.82. The average molecular weight is 277 g/mol. The van der Waals surface area contributed by atoms with Crippen molar-refractivity contribution in [1.82, 2.24) is 0 Å². The first kappa shape index (κ1) is 13.6. The minimum Gasteiger partial charge on any atom is -0.456 e. The SMILES string of the molecule is CC(=O)O[C@@H]1C=C[C@]23C[C@H]1O[C@H]2CC[C@H](CCC#N)O3. The number of esters is 1. The van der Waals surface area contributed by atoms with Crippen molar-refractivity contribution in [3.63, 3.8) is 0 Å². The van der Waals surface area contributed by atoms with E-state index in [1.165, 1.54) is 6.92 Å². The molecule has 0 aromatic rings. The molecule has 3 aliphatic rings. The standard InChI is InChI=1S/C15H19NO4/c1-10(17)18-12-6-7-15-9-13(12)19-14(15)5-4-11(20-15)3-2-8-16/h6-7,11-14H,2-5,9H2,1H3/t11-,12+,13+,14-,15-/m0/s1. The molecule has 2 bridgehead atoms. The summed E-state index contributed by atoms with van der Waals surface area (Å²) in [5.74, 6) is -0.290. The van der Waals surface area contributed by atoms with Crippen LogP contribution >= 0.6 is 0 Å². The number of hydrogen-bond acceptors (Lipinski definition) is 5. The molecule has 0 amide bonds. The van der Waals surface area contributed by atoms with Gasteiger partial charge in [-0.2, -0.15) is 5.26 Å². The van der Waals surface area contributed by atoms with Crippen LogP contribution in [0.2, 0.25) is 0 Å². The monoisotopic (exact) mass is 277 g/mol. The van der Waals surface area contributed by atoms with Crippen LogP contribution in [0, 0.1) is 11.3 Å².